The Morgan fingerprint density at radius 3 is 2.57 bits per heavy atom. The quantitative estimate of drug-likeness (QED) is 0.671. The van der Waals surface area contributed by atoms with Gasteiger partial charge in [-0.05, 0) is 55.8 Å². The third kappa shape index (κ3) is 3.00. The van der Waals surface area contributed by atoms with Crippen molar-refractivity contribution >= 4 is 34.5 Å². The van der Waals surface area contributed by atoms with E-state index in [2.05, 4.69) is 10.6 Å². The van der Waals surface area contributed by atoms with Gasteiger partial charge in [-0.1, -0.05) is 12.1 Å². The van der Waals surface area contributed by atoms with Crippen LogP contribution in [0.15, 0.2) is 54.3 Å². The van der Waals surface area contributed by atoms with E-state index in [1.54, 1.807) is 36.4 Å². The Hall–Kier alpha value is -3.61. The second-order valence-electron chi connectivity index (χ2n) is 7.06. The zero-order valence-electron chi connectivity index (χ0n) is 15.2. The van der Waals surface area contributed by atoms with E-state index >= 15 is 0 Å². The van der Waals surface area contributed by atoms with Crippen molar-refractivity contribution in [2.75, 3.05) is 10.6 Å². The van der Waals surface area contributed by atoms with Crippen LogP contribution in [-0.4, -0.2) is 22.7 Å². The summed E-state index contributed by atoms with van der Waals surface area (Å²) in [6.07, 6.45) is 0.665. The van der Waals surface area contributed by atoms with Crippen LogP contribution < -0.4 is 10.6 Å². The van der Waals surface area contributed by atoms with Crippen LogP contribution in [0.5, 0.6) is 0 Å². The lowest BCUT2D eigenvalue weighted by Crippen LogP contribution is -2.21. The first-order valence-corrected chi connectivity index (χ1v) is 8.62. The van der Waals surface area contributed by atoms with E-state index in [9.17, 15) is 14.0 Å². The van der Waals surface area contributed by atoms with E-state index in [4.69, 9.17) is 9.84 Å². The number of allylic oxidation sites excluding steroid dienone is 1. The molecule has 2 amide bonds. The summed E-state index contributed by atoms with van der Waals surface area (Å²) in [7, 11) is 0. The van der Waals surface area contributed by atoms with Gasteiger partial charge in [0.2, 0.25) is 0 Å². The number of carbonyl (C=O) groups excluding carboxylic acids is 1. The molecule has 0 aliphatic carbocycles. The van der Waals surface area contributed by atoms with E-state index in [1.165, 1.54) is 12.1 Å². The predicted molar refractivity (Wildman–Crippen MR) is 103 cm³/mol. The van der Waals surface area contributed by atoms with Gasteiger partial charge in [0.15, 0.2) is 0 Å². The smallest absolute Gasteiger partial charge is 0.409 e. The number of carboxylic acid groups (broad SMARTS) is 1. The van der Waals surface area contributed by atoms with Gasteiger partial charge in [-0.25, -0.2) is 9.18 Å². The highest BCUT2D eigenvalue weighted by Gasteiger charge is 2.37. The molecular weight excluding hydrogens is 363 g/mol. The van der Waals surface area contributed by atoms with Crippen molar-refractivity contribution in [3.63, 3.8) is 0 Å². The summed E-state index contributed by atoms with van der Waals surface area (Å²) >= 11 is 0. The largest absolute Gasteiger partial charge is 0.482 e. The van der Waals surface area contributed by atoms with Gasteiger partial charge < -0.3 is 15.2 Å². The van der Waals surface area contributed by atoms with Gasteiger partial charge >= 0.3 is 6.09 Å². The molecule has 0 saturated heterocycles. The molecule has 2 heterocycles. The normalized spacial score (nSPS) is 19.5. The van der Waals surface area contributed by atoms with Crippen molar-refractivity contribution in [1.29, 1.82) is 0 Å². The SMILES string of the molecule is CC1(C)OC(=C2C(=O)Nc3cc(F)ccc32)C=C1c1ccc(NC(=O)O)cc1. The average molecular weight is 380 g/mol. The molecule has 0 aromatic heterocycles. The highest BCUT2D eigenvalue weighted by atomic mass is 19.1. The Kier molecular flexibility index (Phi) is 3.96. The Labute approximate surface area is 160 Å². The van der Waals surface area contributed by atoms with Crippen LogP contribution in [0.25, 0.3) is 11.1 Å². The molecule has 142 valence electrons. The molecule has 0 unspecified atom stereocenters. The highest BCUT2D eigenvalue weighted by molar-refractivity contribution is 6.32. The number of ether oxygens (including phenoxy) is 1. The lowest BCUT2D eigenvalue weighted by atomic mass is 9.92. The zero-order chi connectivity index (χ0) is 20.1. The van der Waals surface area contributed by atoms with E-state index in [-0.39, 0.29) is 5.91 Å². The maximum atomic E-state index is 13.5. The number of hydrogen-bond acceptors (Lipinski definition) is 3. The number of anilines is 2. The summed E-state index contributed by atoms with van der Waals surface area (Å²) in [4.78, 5) is 23.2. The van der Waals surface area contributed by atoms with Gasteiger partial charge in [0.05, 0.1) is 11.3 Å². The monoisotopic (exact) mass is 380 g/mol. The molecule has 0 fully saturated rings. The molecular formula is C21H17FN2O4. The molecule has 2 aromatic carbocycles. The summed E-state index contributed by atoms with van der Waals surface area (Å²) in [6.45, 7) is 3.77. The number of benzene rings is 2. The molecule has 6 nitrogen and oxygen atoms in total. The lowest BCUT2D eigenvalue weighted by Gasteiger charge is -2.23. The zero-order valence-corrected chi connectivity index (χ0v) is 15.2. The van der Waals surface area contributed by atoms with E-state index in [0.29, 0.717) is 28.3 Å². The van der Waals surface area contributed by atoms with E-state index in [1.807, 2.05) is 13.8 Å². The number of amides is 2. The molecule has 3 N–H and O–H groups in total. The fourth-order valence-corrected chi connectivity index (χ4v) is 3.46. The second kappa shape index (κ2) is 6.23. The van der Waals surface area contributed by atoms with Crippen LogP contribution in [0.2, 0.25) is 0 Å². The van der Waals surface area contributed by atoms with E-state index in [0.717, 1.165) is 11.1 Å². The van der Waals surface area contributed by atoms with Gasteiger partial charge in [0, 0.05) is 16.8 Å². The van der Waals surface area contributed by atoms with Crippen molar-refractivity contribution in [3.8, 4) is 0 Å². The number of rotatable bonds is 2. The fourth-order valence-electron chi connectivity index (χ4n) is 3.46. The first-order valence-electron chi connectivity index (χ1n) is 8.62. The number of nitrogens with one attached hydrogen (secondary N) is 2. The van der Waals surface area contributed by atoms with Crippen molar-refractivity contribution < 1.29 is 23.8 Å². The number of fused-ring (bicyclic) bond motifs is 1. The molecule has 28 heavy (non-hydrogen) atoms. The van der Waals surface area contributed by atoms with Gasteiger partial charge in [0.25, 0.3) is 5.91 Å². The predicted octanol–water partition coefficient (Wildman–Crippen LogP) is 4.47. The van der Waals surface area contributed by atoms with Gasteiger partial charge in [-0.3, -0.25) is 10.1 Å². The summed E-state index contributed by atoms with van der Waals surface area (Å²) < 4.78 is 19.5. The van der Waals surface area contributed by atoms with Gasteiger partial charge in [-0.15, -0.1) is 0 Å². The summed E-state index contributed by atoms with van der Waals surface area (Å²) in [6, 6.07) is 11.0. The van der Waals surface area contributed by atoms with Crippen molar-refractivity contribution in [1.82, 2.24) is 0 Å². The molecule has 2 aromatic rings. The van der Waals surface area contributed by atoms with Crippen LogP contribution in [-0.2, 0) is 9.53 Å². The van der Waals surface area contributed by atoms with Gasteiger partial charge in [0.1, 0.15) is 17.2 Å². The molecule has 0 radical (unpaired) electrons. The van der Waals surface area contributed by atoms with Crippen LogP contribution >= 0.6 is 0 Å². The fraction of sp³-hybridized carbons (Fsp3) is 0.143. The molecule has 7 heteroatoms. The van der Waals surface area contributed by atoms with Crippen molar-refractivity contribution in [2.24, 2.45) is 0 Å². The first kappa shape index (κ1) is 17.8. The standard InChI is InChI=1S/C21H17FN2O4/c1-21(2)15(11-3-6-13(7-4-11)23-20(26)27)10-17(28-21)18-14-8-5-12(22)9-16(14)24-19(18)25/h3-10,23H,1-2H3,(H,24,25)(H,26,27). The third-order valence-corrected chi connectivity index (χ3v) is 4.71. The molecule has 0 spiro atoms. The maximum Gasteiger partial charge on any atom is 0.409 e. The minimum Gasteiger partial charge on any atom is -0.482 e. The minimum absolute atomic E-state index is 0.343. The summed E-state index contributed by atoms with van der Waals surface area (Å²) in [5.41, 5.74) is 2.82. The van der Waals surface area contributed by atoms with Crippen molar-refractivity contribution in [3.05, 3.63) is 71.2 Å². The Morgan fingerprint density at radius 2 is 1.89 bits per heavy atom. The van der Waals surface area contributed by atoms with Gasteiger partial charge in [-0.2, -0.15) is 0 Å². The Balaban J connectivity index is 1.76. The first-order chi connectivity index (χ1) is 13.2. The summed E-state index contributed by atoms with van der Waals surface area (Å²) in [5, 5.41) is 13.8. The molecule has 2 aliphatic rings. The highest BCUT2D eigenvalue weighted by Crippen LogP contribution is 2.44. The number of carbonyl (C=O) groups is 2. The molecule has 2 aliphatic heterocycles. The van der Waals surface area contributed by atoms with Crippen LogP contribution in [0.1, 0.15) is 25.0 Å². The lowest BCUT2D eigenvalue weighted by molar-refractivity contribution is -0.111. The number of halogens is 1. The molecule has 0 bridgehead atoms. The van der Waals surface area contributed by atoms with Crippen molar-refractivity contribution in [2.45, 2.75) is 19.4 Å². The Morgan fingerprint density at radius 1 is 1.18 bits per heavy atom. The summed E-state index contributed by atoms with van der Waals surface area (Å²) in [5.74, 6) is -0.357. The van der Waals surface area contributed by atoms with Crippen LogP contribution in [0.4, 0.5) is 20.6 Å². The van der Waals surface area contributed by atoms with Crippen LogP contribution in [0, 0.1) is 5.82 Å². The Bertz CT molecular complexity index is 1070. The molecule has 4 rings (SSSR count). The second-order valence-corrected chi connectivity index (χ2v) is 7.06. The van der Waals surface area contributed by atoms with E-state index < -0.39 is 17.5 Å². The van der Waals surface area contributed by atoms with Crippen LogP contribution in [0.3, 0.4) is 0 Å². The minimum atomic E-state index is -1.13. The number of hydrogen-bond donors (Lipinski definition) is 3. The molecule has 0 saturated carbocycles. The average Bonchev–Trinajstić information content (AvgIpc) is 3.09. The third-order valence-electron chi connectivity index (χ3n) is 4.71. The molecule has 0 atom stereocenters. The topological polar surface area (TPSA) is 87.7 Å². The maximum absolute atomic E-state index is 13.5.